The Morgan fingerprint density at radius 1 is 0.865 bits per heavy atom. The number of benzene rings is 1. The Morgan fingerprint density at radius 2 is 1.57 bits per heavy atom. The van der Waals surface area contributed by atoms with Gasteiger partial charge in [0.1, 0.15) is 12.3 Å². The van der Waals surface area contributed by atoms with Crippen LogP contribution in [0.15, 0.2) is 36.5 Å². The molecule has 0 radical (unpaired) electrons. The summed E-state index contributed by atoms with van der Waals surface area (Å²) in [5.74, 6) is -0.677. The van der Waals surface area contributed by atoms with Crippen molar-refractivity contribution in [2.75, 3.05) is 32.2 Å². The van der Waals surface area contributed by atoms with E-state index in [2.05, 4.69) is 22.5 Å². The molecule has 202 valence electrons. The van der Waals surface area contributed by atoms with E-state index < -0.39 is 17.8 Å². The number of hydrogen-bond acceptors (Lipinski definition) is 7. The Kier molecular flexibility index (Phi) is 13.6. The summed E-state index contributed by atoms with van der Waals surface area (Å²) in [4.78, 5) is 40.9. The lowest BCUT2D eigenvalue weighted by Gasteiger charge is -2.11. The van der Waals surface area contributed by atoms with E-state index in [1.807, 2.05) is 19.1 Å². The van der Waals surface area contributed by atoms with Crippen LogP contribution in [-0.4, -0.2) is 49.6 Å². The number of methoxy groups -OCH3 is 1. The van der Waals surface area contributed by atoms with Crippen molar-refractivity contribution in [1.29, 1.82) is 0 Å². The zero-order chi connectivity index (χ0) is 26.9. The topological polar surface area (TPSA) is 116 Å². The van der Waals surface area contributed by atoms with Gasteiger partial charge in [-0.25, -0.2) is 4.98 Å². The van der Waals surface area contributed by atoms with Crippen LogP contribution in [0.25, 0.3) is 0 Å². The van der Waals surface area contributed by atoms with Crippen LogP contribution < -0.4 is 20.1 Å². The van der Waals surface area contributed by atoms with Crippen LogP contribution >= 0.6 is 0 Å². The van der Waals surface area contributed by atoms with Crippen molar-refractivity contribution < 1.29 is 28.6 Å². The fourth-order valence-corrected chi connectivity index (χ4v) is 3.42. The highest BCUT2D eigenvalue weighted by Gasteiger charge is 2.18. The third-order valence-corrected chi connectivity index (χ3v) is 5.58. The Labute approximate surface area is 219 Å². The van der Waals surface area contributed by atoms with Crippen molar-refractivity contribution >= 4 is 23.5 Å². The lowest BCUT2D eigenvalue weighted by Crippen LogP contribution is -2.31. The molecule has 0 unspecified atom stereocenters. The van der Waals surface area contributed by atoms with Crippen molar-refractivity contribution in [3.8, 4) is 11.5 Å². The van der Waals surface area contributed by atoms with Crippen molar-refractivity contribution in [3.63, 3.8) is 0 Å². The number of rotatable bonds is 17. The van der Waals surface area contributed by atoms with Gasteiger partial charge in [0.25, 0.3) is 11.8 Å². The highest BCUT2D eigenvalue weighted by atomic mass is 16.5. The quantitative estimate of drug-likeness (QED) is 0.222. The van der Waals surface area contributed by atoms with Gasteiger partial charge in [-0.2, -0.15) is 0 Å². The van der Waals surface area contributed by atoms with E-state index >= 15 is 0 Å². The molecule has 1 aromatic carbocycles. The molecule has 37 heavy (non-hydrogen) atoms. The summed E-state index contributed by atoms with van der Waals surface area (Å²) in [5, 5.41) is 5.25. The molecule has 9 heteroatoms. The molecule has 0 atom stereocenters. The fraction of sp³-hybridized carbons (Fsp3) is 0.500. The Hall–Kier alpha value is -3.62. The number of carbonyl (C=O) groups is 3. The maximum atomic E-state index is 12.7. The van der Waals surface area contributed by atoms with Gasteiger partial charge in [-0.3, -0.25) is 14.4 Å². The molecule has 0 bridgehead atoms. The molecule has 2 rings (SSSR count). The number of aromatic nitrogens is 1. The number of hydrogen-bond donors (Lipinski definition) is 2. The summed E-state index contributed by atoms with van der Waals surface area (Å²) in [5.41, 5.74) is 0.780. The number of anilines is 1. The van der Waals surface area contributed by atoms with E-state index in [9.17, 15) is 14.4 Å². The second kappa shape index (κ2) is 16.9. The molecule has 1 aromatic heterocycles. The number of nitrogens with one attached hydrogen (secondary N) is 2. The van der Waals surface area contributed by atoms with Gasteiger partial charge >= 0.3 is 5.97 Å². The van der Waals surface area contributed by atoms with Crippen molar-refractivity contribution in [3.05, 3.63) is 47.8 Å². The van der Waals surface area contributed by atoms with Gasteiger partial charge in [0.2, 0.25) is 0 Å². The van der Waals surface area contributed by atoms with Gasteiger partial charge in [0.15, 0.2) is 11.4 Å². The molecular formula is C28H39N3O6. The second-order valence-electron chi connectivity index (χ2n) is 8.63. The van der Waals surface area contributed by atoms with E-state index in [-0.39, 0.29) is 23.6 Å². The number of nitrogens with zero attached hydrogens (tertiary/aromatic N) is 1. The zero-order valence-corrected chi connectivity index (χ0v) is 22.1. The number of amides is 2. The number of carbonyl (C=O) groups excluding carboxylic acids is 3. The first-order chi connectivity index (χ1) is 18.0. The SMILES string of the molecule is CCCCCCCCOc1ccc(NC(=O)c2cnc(C(=O)NCC(=O)OCCCC)c(OC)c2)cc1. The molecular weight excluding hydrogens is 474 g/mol. The number of ether oxygens (including phenoxy) is 3. The van der Waals surface area contributed by atoms with Crippen LogP contribution in [0.5, 0.6) is 11.5 Å². The van der Waals surface area contributed by atoms with Gasteiger partial charge in [0.05, 0.1) is 25.9 Å². The van der Waals surface area contributed by atoms with E-state index in [0.717, 1.165) is 31.4 Å². The lowest BCUT2D eigenvalue weighted by molar-refractivity contribution is -0.142. The van der Waals surface area contributed by atoms with Crippen LogP contribution in [-0.2, 0) is 9.53 Å². The van der Waals surface area contributed by atoms with Crippen LogP contribution in [0.2, 0.25) is 0 Å². The molecule has 2 aromatic rings. The molecule has 0 spiro atoms. The number of unbranched alkanes of at least 4 members (excludes halogenated alkanes) is 6. The van der Waals surface area contributed by atoms with E-state index in [1.54, 1.807) is 12.1 Å². The van der Waals surface area contributed by atoms with Crippen molar-refractivity contribution in [1.82, 2.24) is 10.3 Å². The summed E-state index contributed by atoms with van der Waals surface area (Å²) < 4.78 is 16.0. The van der Waals surface area contributed by atoms with Crippen LogP contribution in [0.1, 0.15) is 86.1 Å². The standard InChI is InChI=1S/C28H39N3O6/c1-4-6-8-9-10-11-17-36-23-14-12-22(13-15-23)31-27(33)21-18-24(35-3)26(29-19-21)28(34)30-20-25(32)37-16-7-5-2/h12-15,18-19H,4-11,16-17,20H2,1-3H3,(H,30,34)(H,31,33). The predicted molar refractivity (Wildman–Crippen MR) is 142 cm³/mol. The van der Waals surface area contributed by atoms with Crippen LogP contribution in [0, 0.1) is 0 Å². The first kappa shape index (κ1) is 29.6. The van der Waals surface area contributed by atoms with E-state index in [1.165, 1.54) is 45.1 Å². The van der Waals surface area contributed by atoms with Crippen molar-refractivity contribution in [2.24, 2.45) is 0 Å². The highest BCUT2D eigenvalue weighted by Crippen LogP contribution is 2.20. The Bertz CT molecular complexity index is 994. The molecule has 0 fully saturated rings. The third kappa shape index (κ3) is 10.9. The zero-order valence-electron chi connectivity index (χ0n) is 22.1. The van der Waals surface area contributed by atoms with Gasteiger partial charge in [-0.15, -0.1) is 0 Å². The molecule has 0 saturated carbocycles. The van der Waals surface area contributed by atoms with Crippen molar-refractivity contribution in [2.45, 2.75) is 65.2 Å². The summed E-state index contributed by atoms with van der Waals surface area (Å²) in [6, 6.07) is 8.58. The van der Waals surface area contributed by atoms with Gasteiger partial charge in [0, 0.05) is 11.9 Å². The smallest absolute Gasteiger partial charge is 0.325 e. The summed E-state index contributed by atoms with van der Waals surface area (Å²) >= 11 is 0. The largest absolute Gasteiger partial charge is 0.494 e. The first-order valence-corrected chi connectivity index (χ1v) is 13.0. The minimum atomic E-state index is -0.604. The van der Waals surface area contributed by atoms with Crippen LogP contribution in [0.4, 0.5) is 5.69 Å². The molecule has 0 aliphatic carbocycles. The summed E-state index contributed by atoms with van der Waals surface area (Å²) in [6.07, 6.45) is 10.2. The van der Waals surface area contributed by atoms with E-state index in [0.29, 0.717) is 18.9 Å². The Morgan fingerprint density at radius 3 is 2.27 bits per heavy atom. The van der Waals surface area contributed by atoms with Gasteiger partial charge < -0.3 is 24.8 Å². The monoisotopic (exact) mass is 513 g/mol. The van der Waals surface area contributed by atoms with Crippen LogP contribution in [0.3, 0.4) is 0 Å². The summed E-state index contributed by atoms with van der Waals surface area (Å²) in [7, 11) is 1.37. The van der Waals surface area contributed by atoms with Gasteiger partial charge in [-0.1, -0.05) is 52.4 Å². The molecule has 0 aliphatic heterocycles. The summed E-state index contributed by atoms with van der Waals surface area (Å²) in [6.45, 7) is 4.89. The minimum absolute atomic E-state index is 0.0349. The second-order valence-corrected chi connectivity index (χ2v) is 8.63. The fourth-order valence-electron chi connectivity index (χ4n) is 3.42. The Balaban J connectivity index is 1.85. The molecule has 2 amide bonds. The highest BCUT2D eigenvalue weighted by molar-refractivity contribution is 6.05. The third-order valence-electron chi connectivity index (χ3n) is 5.58. The maximum Gasteiger partial charge on any atom is 0.325 e. The molecule has 9 nitrogen and oxygen atoms in total. The molecule has 0 aliphatic rings. The number of pyridine rings is 1. The average Bonchev–Trinajstić information content (AvgIpc) is 2.91. The average molecular weight is 514 g/mol. The number of esters is 1. The predicted octanol–water partition coefficient (Wildman–Crippen LogP) is 5.15. The lowest BCUT2D eigenvalue weighted by atomic mass is 10.1. The minimum Gasteiger partial charge on any atom is -0.494 e. The first-order valence-electron chi connectivity index (χ1n) is 13.0. The van der Waals surface area contributed by atoms with E-state index in [4.69, 9.17) is 14.2 Å². The van der Waals surface area contributed by atoms with Gasteiger partial charge in [-0.05, 0) is 43.2 Å². The molecule has 0 saturated heterocycles. The maximum absolute atomic E-state index is 12.7. The molecule has 2 N–H and O–H groups in total. The normalized spacial score (nSPS) is 10.5. The molecule has 1 heterocycles.